The highest BCUT2D eigenvalue weighted by Crippen LogP contribution is 2.35. The molecule has 6 nitrogen and oxygen atoms in total. The summed E-state index contributed by atoms with van der Waals surface area (Å²) < 4.78 is 4.90. The van der Waals surface area contributed by atoms with Gasteiger partial charge in [0.2, 0.25) is 0 Å². The number of benzene rings is 2. The number of carbonyl (C=O) groups excluding carboxylic acids is 3. The van der Waals surface area contributed by atoms with E-state index in [4.69, 9.17) is 4.74 Å². The van der Waals surface area contributed by atoms with Crippen LogP contribution in [0, 0.1) is 27.7 Å². The largest absolute Gasteiger partial charge is 0.465 e. The van der Waals surface area contributed by atoms with Gasteiger partial charge in [0.1, 0.15) is 5.00 Å². The van der Waals surface area contributed by atoms with Gasteiger partial charge in [-0.3, -0.25) is 9.59 Å². The highest BCUT2D eigenvalue weighted by atomic mass is 32.1. The van der Waals surface area contributed by atoms with Crippen LogP contribution in [-0.4, -0.2) is 24.9 Å². The normalized spacial score (nSPS) is 10.5. The van der Waals surface area contributed by atoms with Gasteiger partial charge in [0.15, 0.2) is 0 Å². The molecule has 0 bridgehead atoms. The Morgan fingerprint density at radius 1 is 0.871 bits per heavy atom. The lowest BCUT2D eigenvalue weighted by Crippen LogP contribution is -2.15. The van der Waals surface area contributed by atoms with Crippen molar-refractivity contribution in [1.82, 2.24) is 0 Å². The molecule has 0 spiro atoms. The summed E-state index contributed by atoms with van der Waals surface area (Å²) in [5, 5.41) is 5.95. The van der Waals surface area contributed by atoms with Crippen molar-refractivity contribution in [3.8, 4) is 0 Å². The van der Waals surface area contributed by atoms with Gasteiger partial charge in [0.25, 0.3) is 11.8 Å². The fourth-order valence-electron chi connectivity index (χ4n) is 3.30. The fraction of sp³-hybridized carbons (Fsp3) is 0.208. The maximum Gasteiger partial charge on any atom is 0.341 e. The molecule has 0 atom stereocenters. The van der Waals surface area contributed by atoms with E-state index in [2.05, 4.69) is 10.6 Å². The molecule has 0 saturated carbocycles. The number of anilines is 2. The molecule has 0 aliphatic heterocycles. The maximum atomic E-state index is 13.0. The summed E-state index contributed by atoms with van der Waals surface area (Å²) in [6.45, 7) is 7.40. The first-order chi connectivity index (χ1) is 14.7. The van der Waals surface area contributed by atoms with Gasteiger partial charge in [0.05, 0.1) is 17.6 Å². The molecule has 0 aliphatic rings. The highest BCUT2D eigenvalue weighted by Gasteiger charge is 2.27. The van der Waals surface area contributed by atoms with Gasteiger partial charge in [-0.1, -0.05) is 35.9 Å². The van der Waals surface area contributed by atoms with E-state index in [-0.39, 0.29) is 22.4 Å². The molecule has 160 valence electrons. The average molecular weight is 437 g/mol. The molecule has 2 N–H and O–H groups in total. The molecular formula is C24H24N2O4S. The molecule has 0 fully saturated rings. The summed E-state index contributed by atoms with van der Waals surface area (Å²) in [7, 11) is 1.27. The zero-order valence-corrected chi connectivity index (χ0v) is 18.9. The Morgan fingerprint density at radius 3 is 2.23 bits per heavy atom. The monoisotopic (exact) mass is 436 g/mol. The Labute approximate surface area is 185 Å². The van der Waals surface area contributed by atoms with Crippen LogP contribution in [0.4, 0.5) is 10.7 Å². The second-order valence-electron chi connectivity index (χ2n) is 7.29. The molecule has 0 radical (unpaired) electrons. The average Bonchev–Trinajstić information content (AvgIpc) is 3.05. The van der Waals surface area contributed by atoms with Crippen LogP contribution in [0.5, 0.6) is 0 Å². The smallest absolute Gasteiger partial charge is 0.341 e. The number of ether oxygens (including phenoxy) is 1. The van der Waals surface area contributed by atoms with E-state index in [0.29, 0.717) is 21.7 Å². The number of amides is 2. The van der Waals surface area contributed by atoms with Crippen LogP contribution in [0.3, 0.4) is 0 Å². The standard InChI is InChI=1S/C24H24N2O4S/c1-13-10-11-18(15(3)12-13)25-22(28)20-16(4)19(24(29)30-5)23(31-20)26-21(27)17-9-7-6-8-14(17)2/h6-12H,1-5H3,(H,25,28)(H,26,27). The molecule has 7 heteroatoms. The maximum absolute atomic E-state index is 13.0. The number of methoxy groups -OCH3 is 1. The Bertz CT molecular complexity index is 1180. The van der Waals surface area contributed by atoms with Gasteiger partial charge in [-0.15, -0.1) is 11.3 Å². The molecule has 2 amide bonds. The summed E-state index contributed by atoms with van der Waals surface area (Å²) in [4.78, 5) is 38.6. The van der Waals surface area contributed by atoms with E-state index in [1.807, 2.05) is 51.1 Å². The van der Waals surface area contributed by atoms with E-state index in [0.717, 1.165) is 28.0 Å². The summed E-state index contributed by atoms with van der Waals surface area (Å²) in [5.74, 6) is -1.32. The highest BCUT2D eigenvalue weighted by molar-refractivity contribution is 7.19. The second kappa shape index (κ2) is 9.14. The Morgan fingerprint density at radius 2 is 1.58 bits per heavy atom. The molecule has 2 aromatic carbocycles. The van der Waals surface area contributed by atoms with E-state index in [9.17, 15) is 14.4 Å². The van der Waals surface area contributed by atoms with Crippen molar-refractivity contribution in [2.75, 3.05) is 17.7 Å². The first-order valence-electron chi connectivity index (χ1n) is 9.70. The summed E-state index contributed by atoms with van der Waals surface area (Å²) in [6, 6.07) is 12.9. The van der Waals surface area contributed by atoms with Crippen LogP contribution in [-0.2, 0) is 4.74 Å². The minimum Gasteiger partial charge on any atom is -0.465 e. The third kappa shape index (κ3) is 4.67. The zero-order valence-electron chi connectivity index (χ0n) is 18.1. The van der Waals surface area contributed by atoms with Gasteiger partial charge >= 0.3 is 5.97 Å². The number of esters is 1. The van der Waals surface area contributed by atoms with E-state index >= 15 is 0 Å². The minimum atomic E-state index is -0.612. The topological polar surface area (TPSA) is 84.5 Å². The van der Waals surface area contributed by atoms with Gasteiger partial charge in [-0.05, 0) is 56.5 Å². The quantitative estimate of drug-likeness (QED) is 0.534. The first-order valence-corrected chi connectivity index (χ1v) is 10.5. The van der Waals surface area contributed by atoms with E-state index < -0.39 is 5.97 Å². The van der Waals surface area contributed by atoms with Crippen LogP contribution in [0.25, 0.3) is 0 Å². The molecule has 1 heterocycles. The van der Waals surface area contributed by atoms with Crippen molar-refractivity contribution in [3.63, 3.8) is 0 Å². The third-order valence-electron chi connectivity index (χ3n) is 4.99. The summed E-state index contributed by atoms with van der Waals surface area (Å²) >= 11 is 1.05. The van der Waals surface area contributed by atoms with Crippen molar-refractivity contribution < 1.29 is 19.1 Å². The number of thiophene rings is 1. The fourth-order valence-corrected chi connectivity index (χ4v) is 4.38. The number of rotatable bonds is 5. The number of hydrogen-bond donors (Lipinski definition) is 2. The number of nitrogens with one attached hydrogen (secondary N) is 2. The summed E-state index contributed by atoms with van der Waals surface area (Å²) in [5.41, 5.74) is 4.65. The van der Waals surface area contributed by atoms with E-state index in [1.54, 1.807) is 19.1 Å². The third-order valence-corrected chi connectivity index (χ3v) is 6.20. The van der Waals surface area contributed by atoms with Crippen molar-refractivity contribution in [2.45, 2.75) is 27.7 Å². The molecule has 0 unspecified atom stereocenters. The van der Waals surface area contributed by atoms with Crippen molar-refractivity contribution in [2.24, 2.45) is 0 Å². The molecule has 3 aromatic rings. The van der Waals surface area contributed by atoms with Crippen LogP contribution >= 0.6 is 11.3 Å². The van der Waals surface area contributed by atoms with Gasteiger partial charge in [-0.2, -0.15) is 0 Å². The number of hydrogen-bond acceptors (Lipinski definition) is 5. The minimum absolute atomic E-state index is 0.181. The summed E-state index contributed by atoms with van der Waals surface area (Å²) in [6.07, 6.45) is 0. The number of aryl methyl sites for hydroxylation is 3. The van der Waals surface area contributed by atoms with Gasteiger partial charge < -0.3 is 15.4 Å². The van der Waals surface area contributed by atoms with Crippen molar-refractivity contribution >= 4 is 39.8 Å². The molecule has 0 aliphatic carbocycles. The number of carbonyl (C=O) groups is 3. The van der Waals surface area contributed by atoms with E-state index in [1.165, 1.54) is 7.11 Å². The van der Waals surface area contributed by atoms with Gasteiger partial charge in [0, 0.05) is 11.3 Å². The van der Waals surface area contributed by atoms with Crippen molar-refractivity contribution in [3.05, 3.63) is 80.7 Å². The van der Waals surface area contributed by atoms with Crippen LogP contribution in [0.15, 0.2) is 42.5 Å². The van der Waals surface area contributed by atoms with Gasteiger partial charge in [-0.25, -0.2) is 4.79 Å². The SMILES string of the molecule is COC(=O)c1c(NC(=O)c2ccccc2C)sc(C(=O)Nc2ccc(C)cc2C)c1C. The lowest BCUT2D eigenvalue weighted by atomic mass is 10.1. The van der Waals surface area contributed by atoms with Crippen LogP contribution < -0.4 is 10.6 Å². The Hall–Kier alpha value is -3.45. The first kappa shape index (κ1) is 22.2. The predicted molar refractivity (Wildman–Crippen MR) is 123 cm³/mol. The second-order valence-corrected chi connectivity index (χ2v) is 8.31. The van der Waals surface area contributed by atoms with Crippen LogP contribution in [0.2, 0.25) is 0 Å². The lowest BCUT2D eigenvalue weighted by molar-refractivity contribution is 0.0601. The molecular weight excluding hydrogens is 412 g/mol. The molecule has 1 aromatic heterocycles. The molecule has 31 heavy (non-hydrogen) atoms. The lowest BCUT2D eigenvalue weighted by Gasteiger charge is -2.08. The Kier molecular flexibility index (Phi) is 6.56. The van der Waals surface area contributed by atoms with Crippen molar-refractivity contribution in [1.29, 1.82) is 0 Å². The van der Waals surface area contributed by atoms with Crippen LogP contribution in [0.1, 0.15) is 52.6 Å². The molecule has 3 rings (SSSR count). The molecule has 0 saturated heterocycles. The Balaban J connectivity index is 1.96. The predicted octanol–water partition coefficient (Wildman–Crippen LogP) is 5.27. The zero-order chi connectivity index (χ0) is 22.7.